The number of nitrogens with two attached hydrogens (primary N) is 1. The van der Waals surface area contributed by atoms with Crippen molar-refractivity contribution in [2.75, 3.05) is 5.32 Å². The van der Waals surface area contributed by atoms with Crippen LogP contribution in [0.25, 0.3) is 10.2 Å². The summed E-state index contributed by atoms with van der Waals surface area (Å²) in [7, 11) is 0. The van der Waals surface area contributed by atoms with Crippen molar-refractivity contribution >= 4 is 66.1 Å². The number of pyridine rings is 1. The predicted octanol–water partition coefficient (Wildman–Crippen LogP) is 5.12. The average molecular weight is 471 g/mol. The number of nitrogens with one attached hydrogen (secondary N) is 1. The molecule has 26 heavy (non-hydrogen) atoms. The third-order valence-electron chi connectivity index (χ3n) is 4.48. The summed E-state index contributed by atoms with van der Waals surface area (Å²) in [4.78, 5) is 6.76. The highest BCUT2D eigenvalue weighted by molar-refractivity contribution is 9.10. The lowest BCUT2D eigenvalue weighted by Gasteiger charge is -2.29. The van der Waals surface area contributed by atoms with E-state index in [-0.39, 0.29) is 12.0 Å². The smallest absolute Gasteiger partial charge is 0.131 e. The second kappa shape index (κ2) is 7.58. The van der Waals surface area contributed by atoms with Crippen LogP contribution in [-0.2, 0) is 6.54 Å². The van der Waals surface area contributed by atoms with Gasteiger partial charge in [0.15, 0.2) is 0 Å². The van der Waals surface area contributed by atoms with Crippen LogP contribution >= 0.6 is 50.2 Å². The lowest BCUT2D eigenvalue weighted by atomic mass is 9.86. The molecule has 1 aliphatic rings. The standard InChI is InChI=1S/C18H17BrClN3OS2/c19-15-16-17(26-18(15)14-10(21)4-1-5-12(14)24)11(7-13(20)23-16)22-8-9-3-2-6-25-9/h1-3,5-7,10,12,14,24H,4,8,21H2,(H,22,23)/t10-,12-,14+/m0/s1. The minimum absolute atomic E-state index is 0.127. The Hall–Kier alpha value is -0.960. The number of thiophene rings is 2. The number of aromatic nitrogens is 1. The molecule has 3 aromatic heterocycles. The fourth-order valence-corrected chi connectivity index (χ4v) is 6.32. The molecule has 4 rings (SSSR count). The maximum Gasteiger partial charge on any atom is 0.131 e. The molecule has 0 fully saturated rings. The van der Waals surface area contributed by atoms with Crippen LogP contribution in [0.1, 0.15) is 22.1 Å². The monoisotopic (exact) mass is 469 g/mol. The van der Waals surface area contributed by atoms with Crippen molar-refractivity contribution in [1.29, 1.82) is 0 Å². The van der Waals surface area contributed by atoms with Crippen LogP contribution in [0.5, 0.6) is 0 Å². The number of anilines is 1. The lowest BCUT2D eigenvalue weighted by molar-refractivity contribution is 0.170. The van der Waals surface area contributed by atoms with Crippen molar-refractivity contribution in [3.05, 3.63) is 55.1 Å². The van der Waals surface area contributed by atoms with E-state index in [0.717, 1.165) is 38.2 Å². The van der Waals surface area contributed by atoms with Gasteiger partial charge in [0.1, 0.15) is 5.15 Å². The van der Waals surface area contributed by atoms with Gasteiger partial charge in [-0.05, 0) is 33.8 Å². The third kappa shape index (κ3) is 3.44. The van der Waals surface area contributed by atoms with Gasteiger partial charge in [0, 0.05) is 34.3 Å². The first kappa shape index (κ1) is 18.4. The van der Waals surface area contributed by atoms with Gasteiger partial charge < -0.3 is 16.2 Å². The van der Waals surface area contributed by atoms with Gasteiger partial charge in [-0.2, -0.15) is 0 Å². The quantitative estimate of drug-likeness (QED) is 0.366. The van der Waals surface area contributed by atoms with Crippen LogP contribution in [0.4, 0.5) is 5.69 Å². The van der Waals surface area contributed by atoms with E-state index in [1.54, 1.807) is 22.7 Å². The Labute approximate surface area is 172 Å². The maximum atomic E-state index is 10.5. The van der Waals surface area contributed by atoms with Gasteiger partial charge in [0.25, 0.3) is 0 Å². The van der Waals surface area contributed by atoms with Crippen LogP contribution in [0, 0.1) is 0 Å². The number of hydrogen-bond acceptors (Lipinski definition) is 6. The minimum Gasteiger partial charge on any atom is -0.388 e. The van der Waals surface area contributed by atoms with Crippen molar-refractivity contribution in [1.82, 2.24) is 4.98 Å². The molecule has 0 aliphatic heterocycles. The summed E-state index contributed by atoms with van der Waals surface area (Å²) >= 11 is 13.3. The highest BCUT2D eigenvalue weighted by atomic mass is 79.9. The van der Waals surface area contributed by atoms with Gasteiger partial charge in [-0.15, -0.1) is 22.7 Å². The number of fused-ring (bicyclic) bond motifs is 1. The van der Waals surface area contributed by atoms with Crippen LogP contribution in [0.15, 0.2) is 40.2 Å². The van der Waals surface area contributed by atoms with E-state index in [4.69, 9.17) is 17.3 Å². The number of halogens is 2. The summed E-state index contributed by atoms with van der Waals surface area (Å²) in [6.07, 6.45) is 3.92. The summed E-state index contributed by atoms with van der Waals surface area (Å²) in [6.45, 7) is 0.728. The second-order valence-electron chi connectivity index (χ2n) is 6.23. The first-order valence-electron chi connectivity index (χ1n) is 8.19. The summed E-state index contributed by atoms with van der Waals surface area (Å²) in [5.41, 5.74) is 8.05. The Kier molecular flexibility index (Phi) is 5.36. The number of aliphatic hydroxyl groups excluding tert-OH is 1. The largest absolute Gasteiger partial charge is 0.388 e. The summed E-state index contributed by atoms with van der Waals surface area (Å²) < 4.78 is 1.88. The fraction of sp³-hybridized carbons (Fsp3) is 0.278. The van der Waals surface area contributed by atoms with Gasteiger partial charge >= 0.3 is 0 Å². The first-order valence-corrected chi connectivity index (χ1v) is 11.1. The van der Waals surface area contributed by atoms with E-state index < -0.39 is 6.10 Å². The topological polar surface area (TPSA) is 71.2 Å². The Bertz CT molecular complexity index is 957. The molecule has 0 bridgehead atoms. The van der Waals surface area contributed by atoms with Crippen molar-refractivity contribution in [2.24, 2.45) is 5.73 Å². The SMILES string of the molecule is N[C@H]1CC=C[C@H](O)[C@@H]1c1sc2c(NCc3cccs3)cc(Cl)nc2c1Br. The second-order valence-corrected chi connectivity index (χ2v) is 9.49. The van der Waals surface area contributed by atoms with E-state index in [1.807, 2.05) is 24.3 Å². The maximum absolute atomic E-state index is 10.5. The van der Waals surface area contributed by atoms with Gasteiger partial charge in [-0.25, -0.2) is 4.98 Å². The molecule has 8 heteroatoms. The average Bonchev–Trinajstić information content (AvgIpc) is 3.22. The zero-order valence-electron chi connectivity index (χ0n) is 13.7. The molecular formula is C18H17BrClN3OS2. The van der Waals surface area contributed by atoms with Crippen LogP contribution in [0.3, 0.4) is 0 Å². The molecule has 4 nitrogen and oxygen atoms in total. The molecule has 3 atom stereocenters. The van der Waals surface area contributed by atoms with Gasteiger partial charge in [0.05, 0.1) is 26.5 Å². The first-order chi connectivity index (χ1) is 12.5. The molecule has 0 spiro atoms. The highest BCUT2D eigenvalue weighted by Gasteiger charge is 2.32. The Morgan fingerprint density at radius 3 is 3.04 bits per heavy atom. The van der Waals surface area contributed by atoms with Crippen LogP contribution in [0.2, 0.25) is 5.15 Å². The molecule has 0 saturated heterocycles. The molecule has 0 saturated carbocycles. The van der Waals surface area contributed by atoms with Gasteiger partial charge in [0.2, 0.25) is 0 Å². The molecule has 1 aliphatic carbocycles. The predicted molar refractivity (Wildman–Crippen MR) is 114 cm³/mol. The lowest BCUT2D eigenvalue weighted by Crippen LogP contribution is -2.37. The molecule has 4 N–H and O–H groups in total. The third-order valence-corrected chi connectivity index (χ3v) is 7.93. The van der Waals surface area contributed by atoms with Crippen molar-refractivity contribution in [3.63, 3.8) is 0 Å². The Morgan fingerprint density at radius 2 is 2.31 bits per heavy atom. The molecular weight excluding hydrogens is 454 g/mol. The minimum atomic E-state index is -0.596. The van der Waals surface area contributed by atoms with E-state index in [1.165, 1.54) is 4.88 Å². The number of hydrogen-bond donors (Lipinski definition) is 3. The van der Waals surface area contributed by atoms with Gasteiger partial charge in [-0.3, -0.25) is 0 Å². The Balaban J connectivity index is 1.76. The Morgan fingerprint density at radius 1 is 1.46 bits per heavy atom. The number of aliphatic hydroxyl groups is 1. The molecule has 0 unspecified atom stereocenters. The molecule has 3 aromatic rings. The number of rotatable bonds is 4. The molecule has 136 valence electrons. The van der Waals surface area contributed by atoms with Gasteiger partial charge in [-0.1, -0.05) is 29.8 Å². The molecule has 0 radical (unpaired) electrons. The summed E-state index contributed by atoms with van der Waals surface area (Å²) in [5.74, 6) is -0.155. The van der Waals surface area contributed by atoms with E-state index in [0.29, 0.717) is 5.15 Å². The summed E-state index contributed by atoms with van der Waals surface area (Å²) in [5, 5.41) is 16.4. The molecule has 0 aromatic carbocycles. The summed E-state index contributed by atoms with van der Waals surface area (Å²) in [6, 6.07) is 5.85. The molecule has 3 heterocycles. The normalized spacial score (nSPS) is 22.8. The van der Waals surface area contributed by atoms with Crippen molar-refractivity contribution in [3.8, 4) is 0 Å². The van der Waals surface area contributed by atoms with Crippen LogP contribution in [-0.4, -0.2) is 22.2 Å². The van der Waals surface area contributed by atoms with E-state index in [9.17, 15) is 5.11 Å². The number of nitrogens with zero attached hydrogens (tertiary/aromatic N) is 1. The van der Waals surface area contributed by atoms with Crippen molar-refractivity contribution < 1.29 is 5.11 Å². The van der Waals surface area contributed by atoms with E-state index >= 15 is 0 Å². The highest BCUT2D eigenvalue weighted by Crippen LogP contribution is 2.45. The molecule has 0 amide bonds. The zero-order chi connectivity index (χ0) is 18.3. The fourth-order valence-electron chi connectivity index (χ4n) is 3.21. The van der Waals surface area contributed by atoms with Crippen molar-refractivity contribution in [2.45, 2.75) is 31.0 Å². The van der Waals surface area contributed by atoms with E-state index in [2.05, 4.69) is 37.7 Å². The van der Waals surface area contributed by atoms with Crippen LogP contribution < -0.4 is 11.1 Å². The zero-order valence-corrected chi connectivity index (χ0v) is 17.6.